The van der Waals surface area contributed by atoms with E-state index in [0.29, 0.717) is 0 Å². The van der Waals surface area contributed by atoms with E-state index in [-0.39, 0.29) is 18.3 Å². The third kappa shape index (κ3) is 2.59. The van der Waals surface area contributed by atoms with Crippen LogP contribution in [0.1, 0.15) is 52.5 Å². The van der Waals surface area contributed by atoms with Gasteiger partial charge in [-0.15, -0.1) is 0 Å². The van der Waals surface area contributed by atoms with Gasteiger partial charge in [-0.2, -0.15) is 0 Å². The Kier molecular flexibility index (Phi) is 3.86. The molecule has 1 saturated heterocycles. The fourth-order valence-corrected chi connectivity index (χ4v) is 3.01. The summed E-state index contributed by atoms with van der Waals surface area (Å²) in [4.78, 5) is 0. The lowest BCUT2D eigenvalue weighted by atomic mass is 9.77. The van der Waals surface area contributed by atoms with Crippen molar-refractivity contribution in [1.82, 2.24) is 0 Å². The Morgan fingerprint density at radius 2 is 1.77 bits per heavy atom. The molecule has 1 fully saturated rings. The fraction of sp³-hybridized carbons (Fsp3) is 0.556. The third-order valence-electron chi connectivity index (χ3n) is 5.15. The molecule has 1 aromatic rings. The molecule has 1 heterocycles. The van der Waals surface area contributed by atoms with Crippen molar-refractivity contribution in [2.75, 3.05) is 7.11 Å². The Morgan fingerprint density at radius 1 is 1.09 bits per heavy atom. The van der Waals surface area contributed by atoms with Crippen molar-refractivity contribution in [3.63, 3.8) is 0 Å². The molecule has 0 spiro atoms. The van der Waals surface area contributed by atoms with Crippen LogP contribution in [-0.2, 0) is 9.31 Å². The Bertz CT molecular complexity index is 588. The van der Waals surface area contributed by atoms with Crippen LogP contribution in [0.2, 0.25) is 0 Å². The third-order valence-corrected chi connectivity index (χ3v) is 5.15. The van der Waals surface area contributed by atoms with Crippen LogP contribution in [0.25, 0.3) is 5.57 Å². The standard InChI is InChI=1S/C18H25BO3/c1-17(2)18(3,4)22-19(21-17)15-11-10-14(12-16(15)20-5)13-8-6-7-9-13/h8,10-12H,6-7,9H2,1-5H3. The van der Waals surface area contributed by atoms with E-state index in [1.54, 1.807) is 7.11 Å². The highest BCUT2D eigenvalue weighted by Crippen LogP contribution is 2.37. The van der Waals surface area contributed by atoms with Crippen LogP contribution in [0.15, 0.2) is 24.3 Å². The van der Waals surface area contributed by atoms with Gasteiger partial charge < -0.3 is 14.0 Å². The summed E-state index contributed by atoms with van der Waals surface area (Å²) in [6, 6.07) is 6.34. The highest BCUT2D eigenvalue weighted by atomic mass is 16.7. The van der Waals surface area contributed by atoms with Crippen molar-refractivity contribution in [2.45, 2.75) is 58.2 Å². The molecule has 22 heavy (non-hydrogen) atoms. The van der Waals surface area contributed by atoms with E-state index in [1.807, 2.05) is 0 Å². The predicted molar refractivity (Wildman–Crippen MR) is 90.5 cm³/mol. The molecule has 3 nitrogen and oxygen atoms in total. The average Bonchev–Trinajstić information content (AvgIpc) is 3.05. The van der Waals surface area contributed by atoms with Crippen LogP contribution in [0.4, 0.5) is 0 Å². The first-order valence-corrected chi connectivity index (χ1v) is 8.07. The van der Waals surface area contributed by atoms with Gasteiger partial charge in [0.05, 0.1) is 18.3 Å². The summed E-state index contributed by atoms with van der Waals surface area (Å²) in [5, 5.41) is 0. The van der Waals surface area contributed by atoms with E-state index in [4.69, 9.17) is 14.0 Å². The second kappa shape index (κ2) is 5.43. The highest BCUT2D eigenvalue weighted by Gasteiger charge is 2.52. The SMILES string of the molecule is COc1cc(C2=CCCC2)ccc1B1OC(C)(C)C(C)(C)O1. The monoisotopic (exact) mass is 300 g/mol. The molecule has 0 bridgehead atoms. The lowest BCUT2D eigenvalue weighted by Crippen LogP contribution is -2.41. The van der Waals surface area contributed by atoms with Gasteiger partial charge in [0.1, 0.15) is 5.75 Å². The molecular weight excluding hydrogens is 275 g/mol. The Morgan fingerprint density at radius 3 is 2.32 bits per heavy atom. The number of rotatable bonds is 3. The van der Waals surface area contributed by atoms with Gasteiger partial charge in [-0.25, -0.2) is 0 Å². The van der Waals surface area contributed by atoms with Crippen LogP contribution in [0, 0.1) is 0 Å². The molecule has 2 aliphatic rings. The van der Waals surface area contributed by atoms with Gasteiger partial charge in [0.2, 0.25) is 0 Å². The van der Waals surface area contributed by atoms with Crippen molar-refractivity contribution in [1.29, 1.82) is 0 Å². The molecule has 0 aromatic heterocycles. The minimum absolute atomic E-state index is 0.338. The smallest absolute Gasteiger partial charge is 0.497 e. The highest BCUT2D eigenvalue weighted by molar-refractivity contribution is 6.63. The van der Waals surface area contributed by atoms with Crippen molar-refractivity contribution in [3.8, 4) is 5.75 Å². The molecular formula is C18H25BO3. The molecule has 118 valence electrons. The summed E-state index contributed by atoms with van der Waals surface area (Å²) in [7, 11) is 1.32. The second-order valence-electron chi connectivity index (χ2n) is 7.17. The molecule has 0 saturated carbocycles. The number of allylic oxidation sites excluding steroid dienone is 2. The summed E-state index contributed by atoms with van der Waals surface area (Å²) >= 11 is 0. The molecule has 4 heteroatoms. The zero-order valence-electron chi connectivity index (χ0n) is 14.2. The van der Waals surface area contributed by atoms with Crippen LogP contribution in [-0.4, -0.2) is 25.4 Å². The van der Waals surface area contributed by atoms with Crippen LogP contribution in [0.5, 0.6) is 5.75 Å². The van der Waals surface area contributed by atoms with Crippen molar-refractivity contribution in [3.05, 3.63) is 29.8 Å². The Balaban J connectivity index is 1.92. The Labute approximate surface area is 133 Å². The van der Waals surface area contributed by atoms with Crippen molar-refractivity contribution >= 4 is 18.2 Å². The fourth-order valence-electron chi connectivity index (χ4n) is 3.01. The lowest BCUT2D eigenvalue weighted by molar-refractivity contribution is 0.00578. The maximum absolute atomic E-state index is 6.14. The number of hydrogen-bond donors (Lipinski definition) is 0. The Hall–Kier alpha value is -1.26. The van der Waals surface area contributed by atoms with Crippen LogP contribution < -0.4 is 10.2 Å². The van der Waals surface area contributed by atoms with E-state index in [2.05, 4.69) is 52.0 Å². The second-order valence-corrected chi connectivity index (χ2v) is 7.17. The van der Waals surface area contributed by atoms with Gasteiger partial charge in [-0.05, 0) is 64.2 Å². The maximum Gasteiger partial charge on any atom is 0.498 e. The first-order valence-electron chi connectivity index (χ1n) is 8.07. The van der Waals surface area contributed by atoms with Gasteiger partial charge in [-0.3, -0.25) is 0 Å². The predicted octanol–water partition coefficient (Wildman–Crippen LogP) is 3.56. The summed E-state index contributed by atoms with van der Waals surface area (Å²) in [6.45, 7) is 8.27. The normalized spacial score (nSPS) is 22.8. The minimum atomic E-state index is -0.383. The van der Waals surface area contributed by atoms with Gasteiger partial charge in [-0.1, -0.05) is 18.2 Å². The van der Waals surface area contributed by atoms with Crippen LogP contribution in [0.3, 0.4) is 0 Å². The minimum Gasteiger partial charge on any atom is -0.497 e. The number of methoxy groups -OCH3 is 1. The molecule has 0 atom stereocenters. The zero-order valence-corrected chi connectivity index (χ0v) is 14.2. The summed E-state index contributed by atoms with van der Waals surface area (Å²) in [6.07, 6.45) is 5.90. The van der Waals surface area contributed by atoms with Gasteiger partial charge in [0.25, 0.3) is 0 Å². The average molecular weight is 300 g/mol. The number of hydrogen-bond acceptors (Lipinski definition) is 3. The van der Waals surface area contributed by atoms with Gasteiger partial charge in [0, 0.05) is 5.46 Å². The molecule has 0 unspecified atom stereocenters. The maximum atomic E-state index is 6.14. The first kappa shape index (κ1) is 15.6. The molecule has 0 amide bonds. The van der Waals surface area contributed by atoms with E-state index in [9.17, 15) is 0 Å². The summed E-state index contributed by atoms with van der Waals surface area (Å²) in [5.41, 5.74) is 2.95. The lowest BCUT2D eigenvalue weighted by Gasteiger charge is -2.32. The van der Waals surface area contributed by atoms with Gasteiger partial charge in [0.15, 0.2) is 0 Å². The molecule has 0 radical (unpaired) electrons. The van der Waals surface area contributed by atoms with Crippen molar-refractivity contribution < 1.29 is 14.0 Å². The van der Waals surface area contributed by atoms with E-state index in [1.165, 1.54) is 24.0 Å². The number of ether oxygens (including phenoxy) is 1. The topological polar surface area (TPSA) is 27.7 Å². The summed E-state index contributed by atoms with van der Waals surface area (Å²) < 4.78 is 17.9. The van der Waals surface area contributed by atoms with E-state index >= 15 is 0 Å². The molecule has 1 aliphatic carbocycles. The molecule has 3 rings (SSSR count). The molecule has 0 N–H and O–H groups in total. The zero-order chi connectivity index (χ0) is 16.0. The molecule has 1 aliphatic heterocycles. The van der Waals surface area contributed by atoms with Crippen molar-refractivity contribution in [2.24, 2.45) is 0 Å². The molecule has 1 aromatic carbocycles. The summed E-state index contributed by atoms with van der Waals surface area (Å²) in [5.74, 6) is 0.837. The number of benzene rings is 1. The van der Waals surface area contributed by atoms with Crippen LogP contribution >= 0.6 is 0 Å². The van der Waals surface area contributed by atoms with E-state index in [0.717, 1.165) is 17.6 Å². The first-order chi connectivity index (χ1) is 10.3. The van der Waals surface area contributed by atoms with E-state index < -0.39 is 0 Å². The van der Waals surface area contributed by atoms with Gasteiger partial charge >= 0.3 is 7.12 Å². The quantitative estimate of drug-likeness (QED) is 0.799. The largest absolute Gasteiger partial charge is 0.498 e.